The van der Waals surface area contributed by atoms with Crippen molar-refractivity contribution in [2.24, 2.45) is 0 Å². The molecule has 0 saturated carbocycles. The molecule has 84 valence electrons. The van der Waals surface area contributed by atoms with Crippen LogP contribution in [-0.2, 0) is 11.3 Å². The largest absolute Gasteiger partial charge is 0.443 e. The lowest BCUT2D eigenvalue weighted by Crippen LogP contribution is -2.22. The Labute approximate surface area is 98.5 Å². The quantitative estimate of drug-likeness (QED) is 0.795. The summed E-state index contributed by atoms with van der Waals surface area (Å²) in [6, 6.07) is 5.67. The number of rotatable bonds is 4. The number of thiol groups is 1. The van der Waals surface area contributed by atoms with Gasteiger partial charge in [-0.15, -0.1) is 0 Å². The molecule has 1 N–H and O–H groups in total. The van der Waals surface area contributed by atoms with Crippen molar-refractivity contribution in [1.82, 2.24) is 10.3 Å². The van der Waals surface area contributed by atoms with Gasteiger partial charge in [-0.2, -0.15) is 12.6 Å². The number of nitrogens with zero attached hydrogens (tertiary/aromatic N) is 1. The molecule has 16 heavy (non-hydrogen) atoms. The van der Waals surface area contributed by atoms with Crippen LogP contribution in [0.1, 0.15) is 12.0 Å². The Morgan fingerprint density at radius 2 is 2.38 bits per heavy atom. The first-order valence-electron chi connectivity index (χ1n) is 4.99. The van der Waals surface area contributed by atoms with Crippen molar-refractivity contribution >= 4 is 29.6 Å². The molecule has 0 aliphatic heterocycles. The summed E-state index contributed by atoms with van der Waals surface area (Å²) in [6.07, 6.45) is 1.85. The molecule has 1 amide bonds. The second kappa shape index (κ2) is 5.03. The summed E-state index contributed by atoms with van der Waals surface area (Å²) in [6.45, 7) is 0.503. The summed E-state index contributed by atoms with van der Waals surface area (Å²) in [5.74, 6) is 0.570. The summed E-state index contributed by atoms with van der Waals surface area (Å²) in [4.78, 5) is 15.3. The number of oxazole rings is 1. The van der Waals surface area contributed by atoms with E-state index in [0.717, 1.165) is 16.7 Å². The van der Waals surface area contributed by atoms with Crippen LogP contribution in [0.3, 0.4) is 0 Å². The van der Waals surface area contributed by atoms with E-state index >= 15 is 0 Å². The molecule has 0 unspecified atom stereocenters. The molecule has 2 rings (SSSR count). The number of amides is 1. The third-order valence-electron chi connectivity index (χ3n) is 2.22. The second-order valence-electron chi connectivity index (χ2n) is 3.40. The third kappa shape index (κ3) is 2.55. The summed E-state index contributed by atoms with van der Waals surface area (Å²) >= 11 is 4.00. The number of aromatic nitrogens is 1. The zero-order valence-electron chi connectivity index (χ0n) is 8.64. The van der Waals surface area contributed by atoms with Gasteiger partial charge in [-0.25, -0.2) is 4.98 Å². The number of benzene rings is 1. The van der Waals surface area contributed by atoms with E-state index in [1.165, 1.54) is 6.39 Å². The van der Waals surface area contributed by atoms with Crippen LogP contribution in [0.25, 0.3) is 11.1 Å². The smallest absolute Gasteiger partial charge is 0.221 e. The fraction of sp³-hybridized carbons (Fsp3) is 0.273. The Balaban J connectivity index is 2.01. The van der Waals surface area contributed by atoms with Crippen LogP contribution in [0.2, 0.25) is 0 Å². The van der Waals surface area contributed by atoms with Gasteiger partial charge >= 0.3 is 0 Å². The lowest BCUT2D eigenvalue weighted by atomic mass is 10.2. The van der Waals surface area contributed by atoms with Crippen molar-refractivity contribution in [3.63, 3.8) is 0 Å². The van der Waals surface area contributed by atoms with Gasteiger partial charge in [0, 0.05) is 13.0 Å². The minimum atomic E-state index is 0.00710. The maximum atomic E-state index is 11.2. The number of fused-ring (bicyclic) bond motifs is 1. The molecular formula is C11H12N2O2S. The molecule has 0 aliphatic rings. The van der Waals surface area contributed by atoms with Gasteiger partial charge in [-0.1, -0.05) is 6.07 Å². The minimum absolute atomic E-state index is 0.00710. The summed E-state index contributed by atoms with van der Waals surface area (Å²) < 4.78 is 5.18. The predicted octanol–water partition coefficient (Wildman–Crippen LogP) is 1.76. The van der Waals surface area contributed by atoms with Crippen molar-refractivity contribution in [3.05, 3.63) is 30.2 Å². The number of hydrogen-bond acceptors (Lipinski definition) is 4. The SMILES string of the molecule is O=C(CCS)NCc1ccc2ncoc2c1. The molecular weight excluding hydrogens is 224 g/mol. The fourth-order valence-corrected chi connectivity index (χ4v) is 1.60. The highest BCUT2D eigenvalue weighted by Crippen LogP contribution is 2.13. The zero-order valence-corrected chi connectivity index (χ0v) is 9.54. The van der Waals surface area contributed by atoms with E-state index in [9.17, 15) is 4.79 Å². The van der Waals surface area contributed by atoms with Gasteiger partial charge in [0.2, 0.25) is 5.91 Å². The van der Waals surface area contributed by atoms with Crippen LogP contribution in [0.15, 0.2) is 29.0 Å². The predicted molar refractivity (Wildman–Crippen MR) is 64.3 cm³/mol. The lowest BCUT2D eigenvalue weighted by Gasteiger charge is -2.03. The number of carbonyl (C=O) groups excluding carboxylic acids is 1. The Morgan fingerprint density at radius 1 is 1.50 bits per heavy atom. The Morgan fingerprint density at radius 3 is 3.19 bits per heavy atom. The van der Waals surface area contributed by atoms with E-state index in [0.29, 0.717) is 18.7 Å². The van der Waals surface area contributed by atoms with Crippen molar-refractivity contribution in [2.75, 3.05) is 5.75 Å². The van der Waals surface area contributed by atoms with Gasteiger partial charge in [0.15, 0.2) is 12.0 Å². The Bertz CT molecular complexity index is 495. The van der Waals surface area contributed by atoms with E-state index in [4.69, 9.17) is 4.42 Å². The van der Waals surface area contributed by atoms with Crippen LogP contribution in [0.5, 0.6) is 0 Å². The highest BCUT2D eigenvalue weighted by atomic mass is 32.1. The molecule has 0 bridgehead atoms. The minimum Gasteiger partial charge on any atom is -0.443 e. The molecule has 0 fully saturated rings. The van der Waals surface area contributed by atoms with Crippen LogP contribution in [0.4, 0.5) is 0 Å². The molecule has 0 spiro atoms. The first kappa shape index (κ1) is 11.0. The van der Waals surface area contributed by atoms with E-state index in [1.807, 2.05) is 18.2 Å². The molecule has 1 aromatic heterocycles. The summed E-state index contributed by atoms with van der Waals surface area (Å²) in [5, 5.41) is 2.81. The van der Waals surface area contributed by atoms with Crippen molar-refractivity contribution in [2.45, 2.75) is 13.0 Å². The third-order valence-corrected chi connectivity index (χ3v) is 2.45. The normalized spacial score (nSPS) is 10.6. The van der Waals surface area contributed by atoms with Gasteiger partial charge in [0.25, 0.3) is 0 Å². The monoisotopic (exact) mass is 236 g/mol. The van der Waals surface area contributed by atoms with Crippen LogP contribution in [-0.4, -0.2) is 16.6 Å². The molecule has 2 aromatic rings. The fourth-order valence-electron chi connectivity index (χ4n) is 1.40. The number of hydrogen-bond donors (Lipinski definition) is 2. The van der Waals surface area contributed by atoms with Crippen LogP contribution < -0.4 is 5.32 Å². The Hall–Kier alpha value is -1.49. The van der Waals surface area contributed by atoms with Gasteiger partial charge in [0.1, 0.15) is 5.52 Å². The zero-order chi connectivity index (χ0) is 11.4. The summed E-state index contributed by atoms with van der Waals surface area (Å²) in [5.41, 5.74) is 2.56. The van der Waals surface area contributed by atoms with E-state index in [1.54, 1.807) is 0 Å². The number of carbonyl (C=O) groups is 1. The maximum Gasteiger partial charge on any atom is 0.221 e. The second-order valence-corrected chi connectivity index (χ2v) is 3.85. The highest BCUT2D eigenvalue weighted by Gasteiger charge is 2.02. The standard InChI is InChI=1S/C11H12N2O2S/c14-11(3-4-16)12-6-8-1-2-9-10(5-8)15-7-13-9/h1-2,5,7,16H,3-4,6H2,(H,12,14). The highest BCUT2D eigenvalue weighted by molar-refractivity contribution is 7.80. The summed E-state index contributed by atoms with van der Waals surface area (Å²) in [7, 11) is 0. The van der Waals surface area contributed by atoms with E-state index < -0.39 is 0 Å². The molecule has 0 radical (unpaired) electrons. The van der Waals surface area contributed by atoms with Crippen LogP contribution in [0, 0.1) is 0 Å². The molecule has 1 heterocycles. The lowest BCUT2D eigenvalue weighted by molar-refractivity contribution is -0.120. The van der Waals surface area contributed by atoms with E-state index in [-0.39, 0.29) is 5.91 Å². The van der Waals surface area contributed by atoms with Gasteiger partial charge < -0.3 is 9.73 Å². The topological polar surface area (TPSA) is 55.1 Å². The average molecular weight is 236 g/mol. The van der Waals surface area contributed by atoms with Crippen LogP contribution >= 0.6 is 12.6 Å². The van der Waals surface area contributed by atoms with Crippen molar-refractivity contribution < 1.29 is 9.21 Å². The average Bonchev–Trinajstić information content (AvgIpc) is 2.74. The van der Waals surface area contributed by atoms with Crippen molar-refractivity contribution in [1.29, 1.82) is 0 Å². The van der Waals surface area contributed by atoms with Gasteiger partial charge in [-0.05, 0) is 23.4 Å². The van der Waals surface area contributed by atoms with Gasteiger partial charge in [0.05, 0.1) is 0 Å². The first-order valence-corrected chi connectivity index (χ1v) is 5.62. The van der Waals surface area contributed by atoms with E-state index in [2.05, 4.69) is 22.9 Å². The molecule has 4 nitrogen and oxygen atoms in total. The number of nitrogens with one attached hydrogen (secondary N) is 1. The molecule has 0 saturated heterocycles. The first-order chi connectivity index (χ1) is 7.79. The maximum absolute atomic E-state index is 11.2. The van der Waals surface area contributed by atoms with Gasteiger partial charge in [-0.3, -0.25) is 4.79 Å². The molecule has 0 atom stereocenters. The molecule has 1 aromatic carbocycles. The molecule has 0 aliphatic carbocycles. The van der Waals surface area contributed by atoms with Crippen molar-refractivity contribution in [3.8, 4) is 0 Å². The Kier molecular flexibility index (Phi) is 3.46. The molecule has 5 heteroatoms.